The summed E-state index contributed by atoms with van der Waals surface area (Å²) < 4.78 is 2.72. The second kappa shape index (κ2) is 9.89. The Morgan fingerprint density at radius 2 is 0.771 bits per heavy atom. The maximum Gasteiger partial charge on any atom is 0.0446 e. The van der Waals surface area contributed by atoms with Crippen molar-refractivity contribution in [3.05, 3.63) is 162 Å². The van der Waals surface area contributed by atoms with E-state index in [4.69, 9.17) is 0 Å². The molecular formula is C46H34S2. The van der Waals surface area contributed by atoms with Gasteiger partial charge in [-0.05, 0) is 144 Å². The molecule has 0 aliphatic heterocycles. The number of rotatable bonds is 2. The van der Waals surface area contributed by atoms with E-state index in [0.29, 0.717) is 0 Å². The van der Waals surface area contributed by atoms with Crippen molar-refractivity contribution in [1.29, 1.82) is 0 Å². The maximum absolute atomic E-state index is 2.51. The van der Waals surface area contributed by atoms with Crippen LogP contribution in [0.2, 0.25) is 0 Å². The molecule has 48 heavy (non-hydrogen) atoms. The summed E-state index contributed by atoms with van der Waals surface area (Å²) in [4.78, 5) is 2.82. The summed E-state index contributed by atoms with van der Waals surface area (Å²) in [6, 6.07) is 37.4. The SMILES string of the molecule is Cc1cc(C)c(C2=c3cc4cc5c(cc4cc3-c3c2sc2ccccc32)=C(c2c(C)cc(C)cc2C)c2sc3ccccc3c2-5)c(C)c1. The molecule has 2 aliphatic carbocycles. The zero-order chi connectivity index (χ0) is 32.6. The lowest BCUT2D eigenvalue weighted by atomic mass is 9.91. The molecule has 0 fully saturated rings. The summed E-state index contributed by atoms with van der Waals surface area (Å²) in [5.41, 5.74) is 19.2. The zero-order valence-electron chi connectivity index (χ0n) is 28.1. The van der Waals surface area contributed by atoms with Crippen LogP contribution in [0.4, 0.5) is 0 Å². The second-order valence-electron chi connectivity index (χ2n) is 14.0. The fraction of sp³-hybridized carbons (Fsp3) is 0.130. The van der Waals surface area contributed by atoms with Gasteiger partial charge in [-0.3, -0.25) is 0 Å². The molecular weight excluding hydrogens is 617 g/mol. The highest BCUT2D eigenvalue weighted by Crippen LogP contribution is 2.50. The molecule has 0 radical (unpaired) electrons. The van der Waals surface area contributed by atoms with Crippen LogP contribution in [0.15, 0.2) is 97.1 Å². The van der Waals surface area contributed by atoms with Gasteiger partial charge in [0.15, 0.2) is 0 Å². The molecule has 6 aromatic carbocycles. The number of thiophene rings is 2. The van der Waals surface area contributed by atoms with Gasteiger partial charge in [0.1, 0.15) is 0 Å². The molecule has 0 nitrogen and oxygen atoms in total. The van der Waals surface area contributed by atoms with Crippen molar-refractivity contribution in [3.63, 3.8) is 0 Å². The van der Waals surface area contributed by atoms with Gasteiger partial charge in [0.05, 0.1) is 0 Å². The molecule has 10 rings (SSSR count). The third-order valence-corrected chi connectivity index (χ3v) is 13.1. The predicted molar refractivity (Wildman–Crippen MR) is 209 cm³/mol. The maximum atomic E-state index is 2.51. The summed E-state index contributed by atoms with van der Waals surface area (Å²) in [6.07, 6.45) is 0. The van der Waals surface area contributed by atoms with Crippen LogP contribution in [0.5, 0.6) is 0 Å². The minimum Gasteiger partial charge on any atom is -0.134 e. The molecule has 0 spiro atoms. The van der Waals surface area contributed by atoms with E-state index >= 15 is 0 Å². The fourth-order valence-corrected chi connectivity index (χ4v) is 11.6. The van der Waals surface area contributed by atoms with E-state index in [2.05, 4.69) is 139 Å². The summed E-state index contributed by atoms with van der Waals surface area (Å²) >= 11 is 3.90. The number of benzene rings is 6. The predicted octanol–water partition coefficient (Wildman–Crippen LogP) is 11.6. The van der Waals surface area contributed by atoms with Crippen LogP contribution in [0, 0.1) is 41.5 Å². The highest BCUT2D eigenvalue weighted by Gasteiger charge is 2.31. The molecule has 8 aromatic rings. The van der Waals surface area contributed by atoms with Crippen LogP contribution < -0.4 is 10.4 Å². The van der Waals surface area contributed by atoms with E-state index in [-0.39, 0.29) is 0 Å². The van der Waals surface area contributed by atoms with Gasteiger partial charge in [0, 0.05) is 52.2 Å². The van der Waals surface area contributed by atoms with Crippen LogP contribution in [0.3, 0.4) is 0 Å². The van der Waals surface area contributed by atoms with Crippen molar-refractivity contribution in [2.75, 3.05) is 0 Å². The highest BCUT2D eigenvalue weighted by molar-refractivity contribution is 7.21. The van der Waals surface area contributed by atoms with Gasteiger partial charge in [-0.15, -0.1) is 22.7 Å². The third-order valence-electron chi connectivity index (χ3n) is 10.7. The largest absolute Gasteiger partial charge is 0.134 e. The Hall–Kier alpha value is -4.76. The number of hydrogen-bond acceptors (Lipinski definition) is 2. The van der Waals surface area contributed by atoms with E-state index in [1.165, 1.54) is 129 Å². The van der Waals surface area contributed by atoms with E-state index in [1.54, 1.807) is 0 Å². The third kappa shape index (κ3) is 3.76. The quantitative estimate of drug-likeness (QED) is 0.175. The Bertz CT molecular complexity index is 2640. The van der Waals surface area contributed by atoms with Crippen LogP contribution in [0.1, 0.15) is 54.3 Å². The molecule has 2 aliphatic rings. The second-order valence-corrected chi connectivity index (χ2v) is 16.1. The first-order valence-corrected chi connectivity index (χ1v) is 18.5. The van der Waals surface area contributed by atoms with Gasteiger partial charge < -0.3 is 0 Å². The summed E-state index contributed by atoms with van der Waals surface area (Å²) in [7, 11) is 0. The molecule has 0 saturated carbocycles. The van der Waals surface area contributed by atoms with Gasteiger partial charge in [-0.25, -0.2) is 0 Å². The van der Waals surface area contributed by atoms with Crippen molar-refractivity contribution < 1.29 is 0 Å². The topological polar surface area (TPSA) is 0 Å². The standard InChI is InChI=1S/C46H34S2/c1-23-15-25(3)39(26(4)16-23)43-35-21-29-20-34-36(22-30(29)19-33(35)41-31-11-7-9-13-37(31)47-45(41)43)44(40-27(5)17-24(2)18-28(40)6)46-42(34)32-12-8-10-14-38(32)48-46/h7-22H,1-6H3. The van der Waals surface area contributed by atoms with Crippen molar-refractivity contribution >= 4 is 64.8 Å². The van der Waals surface area contributed by atoms with E-state index in [1.807, 2.05) is 22.7 Å². The molecule has 0 atom stereocenters. The van der Waals surface area contributed by atoms with E-state index < -0.39 is 0 Å². The van der Waals surface area contributed by atoms with Crippen molar-refractivity contribution in [2.24, 2.45) is 0 Å². The normalized spacial score (nSPS) is 13.1. The zero-order valence-corrected chi connectivity index (χ0v) is 29.7. The fourth-order valence-electron chi connectivity index (χ4n) is 9.04. The van der Waals surface area contributed by atoms with Crippen molar-refractivity contribution in [1.82, 2.24) is 0 Å². The lowest BCUT2D eigenvalue weighted by Gasteiger charge is -2.14. The van der Waals surface area contributed by atoms with Gasteiger partial charge in [-0.2, -0.15) is 0 Å². The van der Waals surface area contributed by atoms with Crippen LogP contribution >= 0.6 is 22.7 Å². The number of hydrogen-bond donors (Lipinski definition) is 0. The van der Waals surface area contributed by atoms with Gasteiger partial charge in [0.25, 0.3) is 0 Å². The molecule has 2 aromatic heterocycles. The Kier molecular flexibility index (Phi) is 5.82. The Morgan fingerprint density at radius 3 is 1.17 bits per heavy atom. The van der Waals surface area contributed by atoms with Gasteiger partial charge in [0.2, 0.25) is 0 Å². The first kappa shape index (κ1) is 28.3. The first-order chi connectivity index (χ1) is 23.3. The Morgan fingerprint density at radius 1 is 0.396 bits per heavy atom. The van der Waals surface area contributed by atoms with Crippen LogP contribution in [-0.4, -0.2) is 0 Å². The average molecular weight is 651 g/mol. The minimum absolute atomic E-state index is 1.31. The van der Waals surface area contributed by atoms with Gasteiger partial charge >= 0.3 is 0 Å². The first-order valence-electron chi connectivity index (χ1n) is 16.8. The number of aryl methyl sites for hydroxylation is 6. The van der Waals surface area contributed by atoms with Crippen molar-refractivity contribution in [2.45, 2.75) is 41.5 Å². The molecule has 230 valence electrons. The van der Waals surface area contributed by atoms with E-state index in [0.717, 1.165) is 0 Å². The molecule has 0 unspecified atom stereocenters. The monoisotopic (exact) mass is 650 g/mol. The molecule has 0 amide bonds. The molecule has 2 heterocycles. The van der Waals surface area contributed by atoms with Crippen molar-refractivity contribution in [3.8, 4) is 22.3 Å². The minimum atomic E-state index is 1.31. The smallest absolute Gasteiger partial charge is 0.0446 e. The Balaban J connectivity index is 1.36. The van der Waals surface area contributed by atoms with Gasteiger partial charge in [-0.1, -0.05) is 71.8 Å². The Labute approximate surface area is 289 Å². The lowest BCUT2D eigenvalue weighted by molar-refractivity contribution is 1.29. The van der Waals surface area contributed by atoms with Crippen LogP contribution in [-0.2, 0) is 0 Å². The van der Waals surface area contributed by atoms with Crippen LogP contribution in [0.25, 0.3) is 64.3 Å². The number of fused-ring (bicyclic) bond motifs is 11. The summed E-state index contributed by atoms with van der Waals surface area (Å²) in [6.45, 7) is 13.6. The van der Waals surface area contributed by atoms with E-state index in [9.17, 15) is 0 Å². The highest BCUT2D eigenvalue weighted by atomic mass is 32.1. The lowest BCUT2D eigenvalue weighted by Crippen LogP contribution is -2.11. The average Bonchev–Trinajstić information content (AvgIpc) is 3.76. The molecule has 2 heteroatoms. The molecule has 0 N–H and O–H groups in total. The summed E-state index contributed by atoms with van der Waals surface area (Å²) in [5.74, 6) is 0. The summed E-state index contributed by atoms with van der Waals surface area (Å²) in [5, 5.41) is 8.09. The molecule has 0 bridgehead atoms. The molecule has 0 saturated heterocycles.